The Kier molecular flexibility index (Phi) is 7.03. The molecule has 1 atom stereocenters. The number of carbonyl (C=O) groups excluding carboxylic acids is 1. The Bertz CT molecular complexity index is 1360. The van der Waals surface area contributed by atoms with Crippen molar-refractivity contribution in [1.29, 1.82) is 0 Å². The summed E-state index contributed by atoms with van der Waals surface area (Å²) >= 11 is 1.72. The molecule has 0 saturated carbocycles. The minimum absolute atomic E-state index is 0.0546. The molecule has 0 radical (unpaired) electrons. The molecule has 3 aliphatic heterocycles. The number of carbonyl (C=O) groups is 1. The Morgan fingerprint density at radius 3 is 2.53 bits per heavy atom. The number of hydrogen-bond donors (Lipinski definition) is 0. The van der Waals surface area contributed by atoms with Gasteiger partial charge in [-0.2, -0.15) is 0 Å². The molecule has 6 rings (SSSR count). The van der Waals surface area contributed by atoms with Crippen molar-refractivity contribution in [3.63, 3.8) is 0 Å². The molecule has 38 heavy (non-hydrogen) atoms. The summed E-state index contributed by atoms with van der Waals surface area (Å²) in [6.45, 7) is 7.97. The molecular weight excluding hydrogens is 496 g/mol. The quantitative estimate of drug-likeness (QED) is 0.303. The van der Waals surface area contributed by atoms with Crippen molar-refractivity contribution in [3.05, 3.63) is 65.7 Å². The van der Waals surface area contributed by atoms with Gasteiger partial charge in [0.15, 0.2) is 11.5 Å². The van der Waals surface area contributed by atoms with Crippen LogP contribution in [0.4, 0.5) is 5.69 Å². The first-order valence-corrected chi connectivity index (χ1v) is 14.3. The largest absolute Gasteiger partial charge is 0.493 e. The van der Waals surface area contributed by atoms with Crippen LogP contribution < -0.4 is 9.47 Å². The predicted molar refractivity (Wildman–Crippen MR) is 154 cm³/mol. The van der Waals surface area contributed by atoms with Crippen LogP contribution in [0.3, 0.4) is 0 Å². The Hall–Kier alpha value is -3.07. The van der Waals surface area contributed by atoms with Crippen molar-refractivity contribution in [2.45, 2.75) is 31.8 Å². The van der Waals surface area contributed by atoms with Gasteiger partial charge in [-0.1, -0.05) is 30.3 Å². The zero-order valence-electron chi connectivity index (χ0n) is 22.1. The number of methoxy groups -OCH3 is 1. The van der Waals surface area contributed by atoms with E-state index in [0.717, 1.165) is 68.6 Å². The molecule has 0 aliphatic carbocycles. The molecule has 2 saturated heterocycles. The summed E-state index contributed by atoms with van der Waals surface area (Å²) in [4.78, 5) is 22.6. The molecule has 198 valence electrons. The van der Waals surface area contributed by atoms with E-state index >= 15 is 0 Å². The highest BCUT2D eigenvalue weighted by molar-refractivity contribution is 7.96. The minimum Gasteiger partial charge on any atom is -0.493 e. The van der Waals surface area contributed by atoms with Crippen LogP contribution in [0.5, 0.6) is 11.5 Å². The van der Waals surface area contributed by atoms with Crippen LogP contribution >= 0.6 is 11.9 Å². The Labute approximate surface area is 228 Å². The van der Waals surface area contributed by atoms with E-state index in [1.54, 1.807) is 19.1 Å². The first-order chi connectivity index (χ1) is 18.5. The third-order valence-electron chi connectivity index (χ3n) is 7.91. The number of fused-ring (bicyclic) bond motifs is 3. The average Bonchev–Trinajstić information content (AvgIpc) is 3.29. The molecule has 3 heterocycles. The summed E-state index contributed by atoms with van der Waals surface area (Å²) in [5.41, 5.74) is 2.43. The lowest BCUT2D eigenvalue weighted by Gasteiger charge is -2.33. The monoisotopic (exact) mass is 530 g/mol. The third kappa shape index (κ3) is 5.00. The van der Waals surface area contributed by atoms with Gasteiger partial charge >= 0.3 is 0 Å². The van der Waals surface area contributed by atoms with Crippen molar-refractivity contribution in [3.8, 4) is 11.5 Å². The van der Waals surface area contributed by atoms with E-state index in [1.807, 2.05) is 35.4 Å². The van der Waals surface area contributed by atoms with Crippen molar-refractivity contribution >= 4 is 40.5 Å². The van der Waals surface area contributed by atoms with E-state index < -0.39 is 0 Å². The van der Waals surface area contributed by atoms with E-state index in [1.165, 1.54) is 5.56 Å². The highest BCUT2D eigenvalue weighted by Crippen LogP contribution is 2.40. The fourth-order valence-corrected chi connectivity index (χ4v) is 6.43. The lowest BCUT2D eigenvalue weighted by atomic mass is 10.0. The highest BCUT2D eigenvalue weighted by atomic mass is 32.2. The van der Waals surface area contributed by atoms with Gasteiger partial charge in [-0.3, -0.25) is 14.7 Å². The van der Waals surface area contributed by atoms with E-state index in [4.69, 9.17) is 14.5 Å². The molecule has 3 aromatic carbocycles. The molecule has 1 unspecified atom stereocenters. The number of hydrogen-bond acceptors (Lipinski definition) is 7. The second-order valence-corrected chi connectivity index (χ2v) is 11.5. The summed E-state index contributed by atoms with van der Waals surface area (Å²) in [7, 11) is 1.65. The maximum Gasteiger partial charge on any atom is 0.256 e. The van der Waals surface area contributed by atoms with Gasteiger partial charge in [-0.05, 0) is 72.3 Å². The number of benzene rings is 3. The SMILES string of the molecule is COc1cc2cc3c(cc2cc1OCSN1CCN(Cc2ccccc2)CC1)N=CC1(C)CCCN1C3=O. The Morgan fingerprint density at radius 1 is 0.974 bits per heavy atom. The molecule has 0 N–H and O–H groups in total. The number of ether oxygens (including phenoxy) is 2. The fourth-order valence-electron chi connectivity index (χ4n) is 5.68. The second-order valence-electron chi connectivity index (χ2n) is 10.5. The van der Waals surface area contributed by atoms with Crippen LogP contribution in [-0.2, 0) is 6.54 Å². The van der Waals surface area contributed by atoms with E-state index in [0.29, 0.717) is 23.0 Å². The smallest absolute Gasteiger partial charge is 0.256 e. The molecule has 7 nitrogen and oxygen atoms in total. The van der Waals surface area contributed by atoms with Crippen LogP contribution in [0.2, 0.25) is 0 Å². The minimum atomic E-state index is -0.307. The number of piperazine rings is 1. The maximum absolute atomic E-state index is 13.4. The van der Waals surface area contributed by atoms with Crippen molar-refractivity contribution in [2.75, 3.05) is 45.8 Å². The summed E-state index contributed by atoms with van der Waals surface area (Å²) in [5.74, 6) is 1.93. The standard InChI is InChI=1S/C30H34N4O3S/c1-30-9-6-10-34(30)29(35)25-15-23-17-27(36-2)28(18-24(23)16-26(25)31-20-30)37-21-38-33-13-11-32(12-14-33)19-22-7-4-3-5-8-22/h3-5,7-8,15-18,20H,6,9-14,19,21H2,1-2H3. The average molecular weight is 531 g/mol. The van der Waals surface area contributed by atoms with Gasteiger partial charge in [0.1, 0.15) is 5.94 Å². The summed E-state index contributed by atoms with van der Waals surface area (Å²) in [5, 5.41) is 1.93. The van der Waals surface area contributed by atoms with Crippen molar-refractivity contribution < 1.29 is 14.3 Å². The van der Waals surface area contributed by atoms with Crippen LogP contribution in [0, 0.1) is 0 Å². The third-order valence-corrected chi connectivity index (χ3v) is 8.86. The zero-order chi connectivity index (χ0) is 26.1. The molecule has 0 spiro atoms. The van der Waals surface area contributed by atoms with Crippen LogP contribution in [0.25, 0.3) is 10.8 Å². The molecule has 1 amide bonds. The Balaban J connectivity index is 1.12. The first kappa shape index (κ1) is 25.2. The maximum atomic E-state index is 13.4. The molecule has 3 aliphatic rings. The molecule has 2 fully saturated rings. The lowest BCUT2D eigenvalue weighted by molar-refractivity contribution is 0.0712. The van der Waals surface area contributed by atoms with E-state index in [9.17, 15) is 4.79 Å². The van der Waals surface area contributed by atoms with Gasteiger partial charge in [-0.15, -0.1) is 0 Å². The van der Waals surface area contributed by atoms with E-state index in [-0.39, 0.29) is 11.4 Å². The van der Waals surface area contributed by atoms with Gasteiger partial charge in [0.2, 0.25) is 0 Å². The molecule has 8 heteroatoms. The Morgan fingerprint density at radius 2 is 1.74 bits per heavy atom. The number of nitrogens with zero attached hydrogens (tertiary/aromatic N) is 4. The summed E-state index contributed by atoms with van der Waals surface area (Å²) in [6.07, 6.45) is 3.90. The molecule has 0 aromatic heterocycles. The summed E-state index contributed by atoms with van der Waals surface area (Å²) < 4.78 is 14.2. The number of amides is 1. The molecule has 3 aromatic rings. The second kappa shape index (κ2) is 10.6. The van der Waals surface area contributed by atoms with Crippen molar-refractivity contribution in [2.24, 2.45) is 4.99 Å². The van der Waals surface area contributed by atoms with Crippen LogP contribution in [0.15, 0.2) is 59.6 Å². The first-order valence-electron chi connectivity index (χ1n) is 13.3. The molecule has 0 bridgehead atoms. The predicted octanol–water partition coefficient (Wildman–Crippen LogP) is 5.36. The van der Waals surface area contributed by atoms with E-state index in [2.05, 4.69) is 46.5 Å². The normalized spacial score (nSPS) is 21.8. The zero-order valence-corrected chi connectivity index (χ0v) is 22.9. The van der Waals surface area contributed by atoms with Gasteiger partial charge < -0.3 is 14.4 Å². The van der Waals surface area contributed by atoms with Crippen molar-refractivity contribution in [1.82, 2.24) is 14.1 Å². The number of rotatable bonds is 7. The summed E-state index contributed by atoms with van der Waals surface area (Å²) in [6, 6.07) is 18.6. The number of aliphatic imine (C=N–C) groups is 1. The van der Waals surface area contributed by atoms with Gasteiger partial charge in [0.25, 0.3) is 5.91 Å². The van der Waals surface area contributed by atoms with Gasteiger partial charge in [0.05, 0.1) is 23.9 Å². The lowest BCUT2D eigenvalue weighted by Crippen LogP contribution is -2.45. The van der Waals surface area contributed by atoms with Gasteiger partial charge in [0, 0.05) is 45.5 Å². The fraction of sp³-hybridized carbons (Fsp3) is 0.400. The van der Waals surface area contributed by atoms with Gasteiger partial charge in [-0.25, -0.2) is 4.31 Å². The molecular formula is C30H34N4O3S. The van der Waals surface area contributed by atoms with Crippen LogP contribution in [0.1, 0.15) is 35.7 Å². The topological polar surface area (TPSA) is 57.6 Å². The highest BCUT2D eigenvalue weighted by Gasteiger charge is 2.41. The van der Waals surface area contributed by atoms with Crippen LogP contribution in [-0.4, -0.2) is 77.5 Å².